The lowest BCUT2D eigenvalue weighted by molar-refractivity contribution is -0.161. The summed E-state index contributed by atoms with van der Waals surface area (Å²) in [6.07, 6.45) is 16.9. The van der Waals surface area contributed by atoms with E-state index in [0.29, 0.717) is 21.7 Å². The molecule has 0 amide bonds. The molecule has 5 fully saturated rings. The van der Waals surface area contributed by atoms with Gasteiger partial charge < -0.3 is 10.2 Å². The Labute approximate surface area is 197 Å². The Morgan fingerprint density at radius 1 is 0.906 bits per heavy atom. The molecule has 32 heavy (non-hydrogen) atoms. The van der Waals surface area contributed by atoms with Gasteiger partial charge in [0, 0.05) is 0 Å². The number of aliphatic hydroxyl groups excluding tert-OH is 2. The maximum Gasteiger partial charge on any atom is 0.0639 e. The van der Waals surface area contributed by atoms with Crippen molar-refractivity contribution >= 4 is 0 Å². The molecule has 5 saturated carbocycles. The van der Waals surface area contributed by atoms with E-state index in [4.69, 9.17) is 0 Å². The standard InChI is InChI=1S/C30H50O2/c1-20(18-31)8-7-9-21(2)22-12-14-28(6)24-11-10-23-26(3,4)25(32)13-15-29(23)19-30(24,29)17-16-27(22,28)5/h8,21-25,31-32H,7,9-19H2,1-6H3/b20-8+/t21?,22-,23+,24+,25+,27-,28+,29-,30+/m1/s1. The fraction of sp³-hybridized carbons (Fsp3) is 0.933. The molecule has 5 aliphatic rings. The molecule has 5 aliphatic carbocycles. The third-order valence-corrected chi connectivity index (χ3v) is 13.2. The minimum Gasteiger partial charge on any atom is -0.393 e. The zero-order valence-electron chi connectivity index (χ0n) is 21.8. The van der Waals surface area contributed by atoms with Crippen LogP contribution in [0, 0.1) is 50.7 Å². The third-order valence-electron chi connectivity index (χ3n) is 13.2. The summed E-state index contributed by atoms with van der Waals surface area (Å²) in [6.45, 7) is 14.9. The van der Waals surface area contributed by atoms with Gasteiger partial charge in [0.25, 0.3) is 0 Å². The highest BCUT2D eigenvalue weighted by Crippen LogP contribution is 2.89. The molecule has 2 N–H and O–H groups in total. The highest BCUT2D eigenvalue weighted by Gasteiger charge is 2.82. The number of rotatable bonds is 5. The van der Waals surface area contributed by atoms with Gasteiger partial charge in [0.05, 0.1) is 12.7 Å². The van der Waals surface area contributed by atoms with Crippen LogP contribution in [-0.4, -0.2) is 22.9 Å². The van der Waals surface area contributed by atoms with Gasteiger partial charge in [0.1, 0.15) is 0 Å². The molecule has 182 valence electrons. The Kier molecular flexibility index (Phi) is 5.36. The minimum absolute atomic E-state index is 0.0985. The molecule has 2 nitrogen and oxygen atoms in total. The van der Waals surface area contributed by atoms with Gasteiger partial charge in [-0.1, -0.05) is 46.3 Å². The second-order valence-corrected chi connectivity index (χ2v) is 14.3. The molecule has 0 saturated heterocycles. The van der Waals surface area contributed by atoms with E-state index in [0.717, 1.165) is 42.1 Å². The number of hydrogen-bond acceptors (Lipinski definition) is 2. The Morgan fingerprint density at radius 2 is 1.59 bits per heavy atom. The molecule has 0 aliphatic heterocycles. The van der Waals surface area contributed by atoms with Gasteiger partial charge in [-0.3, -0.25) is 0 Å². The van der Waals surface area contributed by atoms with Crippen LogP contribution in [0.5, 0.6) is 0 Å². The average Bonchev–Trinajstić information content (AvgIpc) is 3.33. The van der Waals surface area contributed by atoms with E-state index in [1.54, 1.807) is 0 Å². The van der Waals surface area contributed by atoms with E-state index in [1.807, 2.05) is 6.92 Å². The van der Waals surface area contributed by atoms with E-state index in [9.17, 15) is 10.2 Å². The molecule has 0 aromatic heterocycles. The molecule has 0 heterocycles. The number of hydrogen-bond donors (Lipinski definition) is 2. The summed E-state index contributed by atoms with van der Waals surface area (Å²) in [5.41, 5.74) is 3.35. The Morgan fingerprint density at radius 3 is 2.31 bits per heavy atom. The molecule has 0 radical (unpaired) electrons. The SMILES string of the molecule is C/C(=C\CCC(C)[C@H]1CC[C@@]2(C)[C@@H]3CC[C@H]4C(C)(C)[C@@H](O)CC[C@@]45C[C@@]35CC[C@]12C)CO. The lowest BCUT2D eigenvalue weighted by atomic mass is 9.41. The smallest absolute Gasteiger partial charge is 0.0639 e. The molecule has 9 atom stereocenters. The Hall–Kier alpha value is -0.340. The van der Waals surface area contributed by atoms with Gasteiger partial charge in [-0.05, 0) is 128 Å². The molecular formula is C30H50O2. The third kappa shape index (κ3) is 2.78. The summed E-state index contributed by atoms with van der Waals surface area (Å²) in [5.74, 6) is 3.27. The van der Waals surface area contributed by atoms with Gasteiger partial charge in [-0.2, -0.15) is 0 Å². The van der Waals surface area contributed by atoms with E-state index < -0.39 is 0 Å². The molecule has 5 rings (SSSR count). The monoisotopic (exact) mass is 442 g/mol. The second kappa shape index (κ2) is 7.33. The summed E-state index contributed by atoms with van der Waals surface area (Å²) in [5, 5.41) is 20.2. The fourth-order valence-corrected chi connectivity index (χ4v) is 11.2. The van der Waals surface area contributed by atoms with Gasteiger partial charge in [0.2, 0.25) is 0 Å². The first-order valence-electron chi connectivity index (χ1n) is 13.9. The van der Waals surface area contributed by atoms with Crippen LogP contribution in [0.2, 0.25) is 0 Å². The lowest BCUT2D eigenvalue weighted by Crippen LogP contribution is -2.57. The minimum atomic E-state index is -0.100. The van der Waals surface area contributed by atoms with Crippen molar-refractivity contribution in [3.8, 4) is 0 Å². The number of allylic oxidation sites excluding steroid dienone is 1. The van der Waals surface area contributed by atoms with Gasteiger partial charge >= 0.3 is 0 Å². The first kappa shape index (κ1) is 23.4. The van der Waals surface area contributed by atoms with Crippen LogP contribution >= 0.6 is 0 Å². The molecular weight excluding hydrogens is 392 g/mol. The van der Waals surface area contributed by atoms with Gasteiger partial charge in [0.15, 0.2) is 0 Å². The zero-order chi connectivity index (χ0) is 23.2. The van der Waals surface area contributed by atoms with Crippen LogP contribution < -0.4 is 0 Å². The summed E-state index contributed by atoms with van der Waals surface area (Å²) >= 11 is 0. The molecule has 0 aromatic carbocycles. The average molecular weight is 443 g/mol. The Bertz CT molecular complexity index is 784. The van der Waals surface area contributed by atoms with Crippen LogP contribution in [0.3, 0.4) is 0 Å². The van der Waals surface area contributed by atoms with Crippen LogP contribution in [0.15, 0.2) is 11.6 Å². The number of fused-ring (bicyclic) bond motifs is 2. The summed E-state index contributed by atoms with van der Waals surface area (Å²) in [6, 6.07) is 0. The molecule has 0 aromatic rings. The summed E-state index contributed by atoms with van der Waals surface area (Å²) in [4.78, 5) is 0. The predicted octanol–water partition coefficient (Wildman–Crippen LogP) is 7.14. The number of aliphatic hydroxyl groups is 2. The van der Waals surface area contributed by atoms with Crippen LogP contribution in [0.1, 0.15) is 112 Å². The topological polar surface area (TPSA) is 40.5 Å². The van der Waals surface area contributed by atoms with Crippen LogP contribution in [0.4, 0.5) is 0 Å². The highest BCUT2D eigenvalue weighted by molar-refractivity contribution is 5.30. The lowest BCUT2D eigenvalue weighted by Gasteiger charge is -2.63. The summed E-state index contributed by atoms with van der Waals surface area (Å²) in [7, 11) is 0. The molecule has 0 bridgehead atoms. The summed E-state index contributed by atoms with van der Waals surface area (Å²) < 4.78 is 0. The van der Waals surface area contributed by atoms with Crippen molar-refractivity contribution in [3.63, 3.8) is 0 Å². The van der Waals surface area contributed by atoms with E-state index >= 15 is 0 Å². The van der Waals surface area contributed by atoms with Gasteiger partial charge in [-0.15, -0.1) is 0 Å². The molecule has 2 heteroatoms. The van der Waals surface area contributed by atoms with Crippen molar-refractivity contribution in [2.75, 3.05) is 6.61 Å². The first-order chi connectivity index (χ1) is 15.0. The van der Waals surface area contributed by atoms with Crippen molar-refractivity contribution in [1.82, 2.24) is 0 Å². The molecule has 2 spiro atoms. The molecule has 1 unspecified atom stereocenters. The van der Waals surface area contributed by atoms with E-state index in [1.165, 1.54) is 57.8 Å². The van der Waals surface area contributed by atoms with E-state index in [-0.39, 0.29) is 18.1 Å². The van der Waals surface area contributed by atoms with Crippen LogP contribution in [-0.2, 0) is 0 Å². The van der Waals surface area contributed by atoms with E-state index in [2.05, 4.69) is 40.7 Å². The first-order valence-corrected chi connectivity index (χ1v) is 13.9. The van der Waals surface area contributed by atoms with Crippen molar-refractivity contribution in [2.45, 2.75) is 118 Å². The zero-order valence-corrected chi connectivity index (χ0v) is 21.8. The predicted molar refractivity (Wildman–Crippen MR) is 132 cm³/mol. The van der Waals surface area contributed by atoms with Crippen LogP contribution in [0.25, 0.3) is 0 Å². The van der Waals surface area contributed by atoms with Crippen molar-refractivity contribution in [2.24, 2.45) is 50.7 Å². The van der Waals surface area contributed by atoms with Crippen molar-refractivity contribution in [3.05, 3.63) is 11.6 Å². The highest BCUT2D eigenvalue weighted by atomic mass is 16.3. The Balaban J connectivity index is 1.38. The van der Waals surface area contributed by atoms with Crippen molar-refractivity contribution in [1.29, 1.82) is 0 Å². The quantitative estimate of drug-likeness (QED) is 0.444. The van der Waals surface area contributed by atoms with Crippen molar-refractivity contribution < 1.29 is 10.2 Å². The largest absolute Gasteiger partial charge is 0.393 e. The maximum absolute atomic E-state index is 10.8. The normalized spacial score (nSPS) is 52.4. The van der Waals surface area contributed by atoms with Gasteiger partial charge in [-0.25, -0.2) is 0 Å². The fourth-order valence-electron chi connectivity index (χ4n) is 11.2. The second-order valence-electron chi connectivity index (χ2n) is 14.3. The maximum atomic E-state index is 10.8.